The second-order valence-corrected chi connectivity index (χ2v) is 7.09. The summed E-state index contributed by atoms with van der Waals surface area (Å²) < 4.78 is 0.981. The lowest BCUT2D eigenvalue weighted by Crippen LogP contribution is -2.47. The molecule has 1 aromatic heterocycles. The predicted molar refractivity (Wildman–Crippen MR) is 99.2 cm³/mol. The largest absolute Gasteiger partial charge is 0.349 e. The van der Waals surface area contributed by atoms with Gasteiger partial charge in [0, 0.05) is 36.0 Å². The van der Waals surface area contributed by atoms with Gasteiger partial charge in [0.25, 0.3) is 5.91 Å². The van der Waals surface area contributed by atoms with Gasteiger partial charge in [-0.3, -0.25) is 14.6 Å². The van der Waals surface area contributed by atoms with Crippen LogP contribution in [0.3, 0.4) is 0 Å². The highest BCUT2D eigenvalue weighted by atomic mass is 79.9. The van der Waals surface area contributed by atoms with Gasteiger partial charge in [0.05, 0.1) is 12.0 Å². The fourth-order valence-corrected chi connectivity index (χ4v) is 3.42. The summed E-state index contributed by atoms with van der Waals surface area (Å²) in [5, 5.41) is 3.03. The lowest BCUT2D eigenvalue weighted by Gasteiger charge is -2.32. The molecule has 1 saturated heterocycles. The van der Waals surface area contributed by atoms with E-state index in [0.29, 0.717) is 25.1 Å². The van der Waals surface area contributed by atoms with E-state index in [9.17, 15) is 9.59 Å². The summed E-state index contributed by atoms with van der Waals surface area (Å²) in [6.07, 6.45) is 5.16. The molecule has 0 saturated carbocycles. The Bertz CT molecular complexity index is 743. The van der Waals surface area contributed by atoms with E-state index in [2.05, 4.69) is 26.2 Å². The average Bonchev–Trinajstić information content (AvgIpc) is 2.63. The van der Waals surface area contributed by atoms with Crippen molar-refractivity contribution in [3.05, 3.63) is 64.4 Å². The van der Waals surface area contributed by atoms with E-state index < -0.39 is 0 Å². The smallest absolute Gasteiger partial charge is 0.253 e. The van der Waals surface area contributed by atoms with Crippen LogP contribution in [0.5, 0.6) is 0 Å². The molecular weight excluding hydrogens is 382 g/mol. The highest BCUT2D eigenvalue weighted by Gasteiger charge is 2.24. The zero-order valence-corrected chi connectivity index (χ0v) is 15.4. The number of benzene rings is 1. The molecule has 0 radical (unpaired) electrons. The molecule has 2 aromatic rings. The summed E-state index contributed by atoms with van der Waals surface area (Å²) in [4.78, 5) is 30.5. The summed E-state index contributed by atoms with van der Waals surface area (Å²) in [6.45, 7) is 1.34. The van der Waals surface area contributed by atoms with Crippen LogP contribution in [0.1, 0.15) is 28.8 Å². The molecule has 1 N–H and O–H groups in total. The minimum absolute atomic E-state index is 0.0997. The monoisotopic (exact) mass is 401 g/mol. The molecular formula is C19H20BrN3O2. The van der Waals surface area contributed by atoms with Crippen LogP contribution < -0.4 is 5.32 Å². The number of pyridine rings is 1. The van der Waals surface area contributed by atoms with Crippen molar-refractivity contribution >= 4 is 27.7 Å². The molecule has 0 aliphatic carbocycles. The Hall–Kier alpha value is -2.21. The summed E-state index contributed by atoms with van der Waals surface area (Å²) in [5.41, 5.74) is 1.57. The quantitative estimate of drug-likeness (QED) is 0.856. The van der Waals surface area contributed by atoms with Gasteiger partial charge >= 0.3 is 0 Å². The molecule has 1 fully saturated rings. The summed E-state index contributed by atoms with van der Waals surface area (Å²) in [6, 6.07) is 11.4. The van der Waals surface area contributed by atoms with Gasteiger partial charge in [-0.15, -0.1) is 0 Å². The molecule has 0 spiro atoms. The minimum Gasteiger partial charge on any atom is -0.349 e. The summed E-state index contributed by atoms with van der Waals surface area (Å²) in [5.74, 6) is 0.0298. The molecule has 0 bridgehead atoms. The average molecular weight is 402 g/mol. The molecule has 2 heterocycles. The molecule has 3 rings (SSSR count). The van der Waals surface area contributed by atoms with E-state index in [1.165, 1.54) is 0 Å². The SMILES string of the molecule is O=C(NC1CCN(C(=O)Cc2cccc(Br)c2)CC1)c1cccnc1. The summed E-state index contributed by atoms with van der Waals surface area (Å²) in [7, 11) is 0. The van der Waals surface area contributed by atoms with Gasteiger partial charge in [0.1, 0.15) is 0 Å². The van der Waals surface area contributed by atoms with E-state index in [1.54, 1.807) is 24.5 Å². The van der Waals surface area contributed by atoms with E-state index in [0.717, 1.165) is 22.9 Å². The first-order chi connectivity index (χ1) is 12.1. The lowest BCUT2D eigenvalue weighted by atomic mass is 10.0. The van der Waals surface area contributed by atoms with Crippen LogP contribution >= 0.6 is 15.9 Å². The molecule has 5 nitrogen and oxygen atoms in total. The molecule has 1 aliphatic heterocycles. The molecule has 6 heteroatoms. The van der Waals surface area contributed by atoms with Gasteiger partial charge in [0.15, 0.2) is 0 Å². The van der Waals surface area contributed by atoms with E-state index >= 15 is 0 Å². The van der Waals surface area contributed by atoms with Gasteiger partial charge < -0.3 is 10.2 Å². The number of rotatable bonds is 4. The Morgan fingerprint density at radius 2 is 2.00 bits per heavy atom. The Kier molecular flexibility index (Phi) is 5.81. The zero-order chi connectivity index (χ0) is 17.6. The molecule has 1 aromatic carbocycles. The number of piperidine rings is 1. The van der Waals surface area contributed by atoms with Crippen LogP contribution in [-0.2, 0) is 11.2 Å². The highest BCUT2D eigenvalue weighted by molar-refractivity contribution is 9.10. The van der Waals surface area contributed by atoms with Gasteiger partial charge in [-0.2, -0.15) is 0 Å². The molecule has 0 unspecified atom stereocenters. The van der Waals surface area contributed by atoms with Crippen LogP contribution in [0.2, 0.25) is 0 Å². The topological polar surface area (TPSA) is 62.3 Å². The maximum Gasteiger partial charge on any atom is 0.253 e. The van der Waals surface area contributed by atoms with Gasteiger partial charge in [-0.1, -0.05) is 28.1 Å². The number of carbonyl (C=O) groups is 2. The molecule has 1 aliphatic rings. The number of aromatic nitrogens is 1. The minimum atomic E-state index is -0.105. The predicted octanol–water partition coefficient (Wildman–Crippen LogP) is 2.81. The standard InChI is InChI=1S/C19H20BrN3O2/c20-16-5-1-3-14(11-16)12-18(24)23-9-6-17(7-10-23)22-19(25)15-4-2-8-21-13-15/h1-5,8,11,13,17H,6-7,9-10,12H2,(H,22,25). The van der Waals surface area contributed by atoms with Crippen molar-refractivity contribution < 1.29 is 9.59 Å². The Balaban J connectivity index is 1.48. The van der Waals surface area contributed by atoms with Crippen LogP contribution in [-0.4, -0.2) is 40.8 Å². The normalized spacial score (nSPS) is 15.0. The maximum atomic E-state index is 12.4. The van der Waals surface area contributed by atoms with Crippen molar-refractivity contribution in [3.63, 3.8) is 0 Å². The number of likely N-dealkylation sites (tertiary alicyclic amines) is 1. The third-order valence-electron chi connectivity index (χ3n) is 4.35. The van der Waals surface area contributed by atoms with Crippen molar-refractivity contribution in [2.24, 2.45) is 0 Å². The van der Waals surface area contributed by atoms with Crippen molar-refractivity contribution in [2.75, 3.05) is 13.1 Å². The number of carbonyl (C=O) groups excluding carboxylic acids is 2. The van der Waals surface area contributed by atoms with Crippen LogP contribution in [0, 0.1) is 0 Å². The van der Waals surface area contributed by atoms with Gasteiger partial charge in [0.2, 0.25) is 5.91 Å². The van der Waals surface area contributed by atoms with E-state index in [4.69, 9.17) is 0 Å². The number of hydrogen-bond donors (Lipinski definition) is 1. The first-order valence-corrected chi connectivity index (χ1v) is 9.14. The van der Waals surface area contributed by atoms with Crippen molar-refractivity contribution in [1.29, 1.82) is 0 Å². The number of halogens is 1. The number of nitrogens with one attached hydrogen (secondary N) is 1. The number of hydrogen-bond acceptors (Lipinski definition) is 3. The molecule has 130 valence electrons. The molecule has 0 atom stereocenters. The first kappa shape index (κ1) is 17.6. The van der Waals surface area contributed by atoms with E-state index in [1.807, 2.05) is 29.2 Å². The fraction of sp³-hybridized carbons (Fsp3) is 0.316. The zero-order valence-electron chi connectivity index (χ0n) is 13.8. The molecule has 2 amide bonds. The third kappa shape index (κ3) is 4.89. The second kappa shape index (κ2) is 8.25. The van der Waals surface area contributed by atoms with Crippen LogP contribution in [0.25, 0.3) is 0 Å². The van der Waals surface area contributed by atoms with Crippen LogP contribution in [0.15, 0.2) is 53.3 Å². The number of amides is 2. The van der Waals surface area contributed by atoms with E-state index in [-0.39, 0.29) is 17.9 Å². The Labute approximate surface area is 155 Å². The first-order valence-electron chi connectivity index (χ1n) is 8.35. The van der Waals surface area contributed by atoms with Crippen molar-refractivity contribution in [2.45, 2.75) is 25.3 Å². The van der Waals surface area contributed by atoms with Crippen molar-refractivity contribution in [1.82, 2.24) is 15.2 Å². The van der Waals surface area contributed by atoms with Crippen molar-refractivity contribution in [3.8, 4) is 0 Å². The lowest BCUT2D eigenvalue weighted by molar-refractivity contribution is -0.131. The summed E-state index contributed by atoms with van der Waals surface area (Å²) >= 11 is 3.43. The fourth-order valence-electron chi connectivity index (χ4n) is 2.97. The van der Waals surface area contributed by atoms with Gasteiger partial charge in [-0.05, 0) is 42.7 Å². The highest BCUT2D eigenvalue weighted by Crippen LogP contribution is 2.16. The second-order valence-electron chi connectivity index (χ2n) is 6.18. The Morgan fingerprint density at radius 1 is 1.20 bits per heavy atom. The van der Waals surface area contributed by atoms with Crippen LogP contribution in [0.4, 0.5) is 0 Å². The number of nitrogens with zero attached hydrogens (tertiary/aromatic N) is 2. The molecule has 25 heavy (non-hydrogen) atoms. The maximum absolute atomic E-state index is 12.4. The van der Waals surface area contributed by atoms with Gasteiger partial charge in [-0.25, -0.2) is 0 Å². The Morgan fingerprint density at radius 3 is 2.68 bits per heavy atom. The third-order valence-corrected chi connectivity index (χ3v) is 4.84.